The highest BCUT2D eigenvalue weighted by Crippen LogP contribution is 2.39. The third-order valence-corrected chi connectivity index (χ3v) is 4.00. The smallest absolute Gasteiger partial charge is 0.408 e. The van der Waals surface area contributed by atoms with Crippen molar-refractivity contribution in [2.45, 2.75) is 18.6 Å². The van der Waals surface area contributed by atoms with Gasteiger partial charge in [-0.2, -0.15) is 13.2 Å². The molecule has 0 amide bonds. The minimum absolute atomic E-state index is 0.225. The van der Waals surface area contributed by atoms with Crippen LogP contribution in [-0.2, 0) is 0 Å². The molecule has 0 saturated carbocycles. The summed E-state index contributed by atoms with van der Waals surface area (Å²) in [6.07, 6.45) is -0.546. The van der Waals surface area contributed by atoms with E-state index in [0.29, 0.717) is 19.5 Å². The van der Waals surface area contributed by atoms with E-state index < -0.39 is 12.2 Å². The Kier molecular flexibility index (Phi) is 3.87. The standard InChI is InChI=1S/C16H17F3N2O/c17-16(18,19)15(12-4-2-1-3-5-12)21-9-8-20-11-14(22)7-6-13(20)10-21/h1-6,11,15,22H,7-10H2. The number of rotatable bonds is 2. The molecule has 1 fully saturated rings. The number of allylic oxidation sites excluding steroid dienone is 1. The van der Waals surface area contributed by atoms with Crippen molar-refractivity contribution in [3.05, 3.63) is 59.6 Å². The number of nitrogens with zero attached hydrogens (tertiary/aromatic N) is 2. The fraction of sp³-hybridized carbons (Fsp3) is 0.375. The molecule has 1 N–H and O–H groups in total. The predicted molar refractivity (Wildman–Crippen MR) is 76.9 cm³/mol. The van der Waals surface area contributed by atoms with Crippen LogP contribution in [0, 0.1) is 0 Å². The average Bonchev–Trinajstić information content (AvgIpc) is 2.47. The number of hydrogen-bond acceptors (Lipinski definition) is 3. The molecule has 0 radical (unpaired) electrons. The second-order valence-electron chi connectivity index (χ2n) is 5.54. The van der Waals surface area contributed by atoms with Gasteiger partial charge in [0.1, 0.15) is 11.8 Å². The molecule has 2 aliphatic heterocycles. The zero-order valence-electron chi connectivity index (χ0n) is 11.9. The summed E-state index contributed by atoms with van der Waals surface area (Å²) >= 11 is 0. The second kappa shape index (κ2) is 5.68. The van der Waals surface area contributed by atoms with Gasteiger partial charge >= 0.3 is 6.18 Å². The summed E-state index contributed by atoms with van der Waals surface area (Å²) in [7, 11) is 0. The molecule has 0 aliphatic carbocycles. The van der Waals surface area contributed by atoms with Gasteiger partial charge in [0.05, 0.1) is 0 Å². The minimum atomic E-state index is -4.32. The molecular weight excluding hydrogens is 293 g/mol. The largest absolute Gasteiger partial charge is 0.510 e. The van der Waals surface area contributed by atoms with Crippen LogP contribution in [0.4, 0.5) is 13.2 Å². The van der Waals surface area contributed by atoms with Gasteiger partial charge in [-0.25, -0.2) is 0 Å². The first-order valence-corrected chi connectivity index (χ1v) is 7.16. The van der Waals surface area contributed by atoms with Crippen LogP contribution in [0.3, 0.4) is 0 Å². The Labute approximate surface area is 127 Å². The summed E-state index contributed by atoms with van der Waals surface area (Å²) in [5, 5.41) is 9.51. The molecule has 6 heteroatoms. The molecule has 22 heavy (non-hydrogen) atoms. The van der Waals surface area contributed by atoms with Crippen LogP contribution < -0.4 is 0 Å². The predicted octanol–water partition coefficient (Wildman–Crippen LogP) is 3.59. The fourth-order valence-electron chi connectivity index (χ4n) is 3.00. The number of hydrogen-bond donors (Lipinski definition) is 1. The molecule has 0 spiro atoms. The van der Waals surface area contributed by atoms with Crippen LogP contribution in [-0.4, -0.2) is 40.7 Å². The second-order valence-corrected chi connectivity index (χ2v) is 5.54. The maximum absolute atomic E-state index is 13.5. The van der Waals surface area contributed by atoms with Crippen LogP contribution in [0.2, 0.25) is 0 Å². The number of halogens is 3. The number of piperazine rings is 1. The molecule has 3 nitrogen and oxygen atoms in total. The highest BCUT2D eigenvalue weighted by Gasteiger charge is 2.45. The van der Waals surface area contributed by atoms with E-state index in [0.717, 1.165) is 5.70 Å². The van der Waals surface area contributed by atoms with Crippen molar-refractivity contribution >= 4 is 0 Å². The van der Waals surface area contributed by atoms with E-state index >= 15 is 0 Å². The van der Waals surface area contributed by atoms with E-state index in [1.54, 1.807) is 30.5 Å². The molecule has 118 valence electrons. The Hall–Kier alpha value is -1.95. The first-order chi connectivity index (χ1) is 10.4. The van der Waals surface area contributed by atoms with Crippen molar-refractivity contribution in [3.8, 4) is 0 Å². The van der Waals surface area contributed by atoms with Gasteiger partial charge in [-0.15, -0.1) is 0 Å². The van der Waals surface area contributed by atoms with Crippen molar-refractivity contribution in [1.82, 2.24) is 9.80 Å². The van der Waals surface area contributed by atoms with E-state index in [4.69, 9.17) is 0 Å². The normalized spacial score (nSPS) is 21.0. The van der Waals surface area contributed by atoms with Gasteiger partial charge in [-0.1, -0.05) is 36.4 Å². The van der Waals surface area contributed by atoms with E-state index in [1.165, 1.54) is 17.0 Å². The summed E-state index contributed by atoms with van der Waals surface area (Å²) in [5.74, 6) is 0.243. The highest BCUT2D eigenvalue weighted by atomic mass is 19.4. The lowest BCUT2D eigenvalue weighted by Crippen LogP contribution is -2.48. The average molecular weight is 310 g/mol. The summed E-state index contributed by atoms with van der Waals surface area (Å²) in [6, 6.07) is 6.41. The van der Waals surface area contributed by atoms with E-state index in [9.17, 15) is 18.3 Å². The molecule has 1 aromatic carbocycles. The van der Waals surface area contributed by atoms with Crippen LogP contribution in [0.25, 0.3) is 0 Å². The monoisotopic (exact) mass is 310 g/mol. The van der Waals surface area contributed by atoms with Gasteiger partial charge in [0.15, 0.2) is 0 Å². The zero-order valence-corrected chi connectivity index (χ0v) is 11.9. The summed E-state index contributed by atoms with van der Waals surface area (Å²) < 4.78 is 40.6. The van der Waals surface area contributed by atoms with Crippen molar-refractivity contribution in [2.24, 2.45) is 0 Å². The molecule has 1 unspecified atom stereocenters. The van der Waals surface area contributed by atoms with Crippen LogP contribution >= 0.6 is 0 Å². The molecular formula is C16H17F3N2O. The lowest BCUT2D eigenvalue weighted by molar-refractivity contribution is -0.188. The first-order valence-electron chi connectivity index (χ1n) is 7.16. The van der Waals surface area contributed by atoms with E-state index in [2.05, 4.69) is 0 Å². The van der Waals surface area contributed by atoms with Gasteiger partial charge in [-0.05, 0) is 5.56 Å². The van der Waals surface area contributed by atoms with Gasteiger partial charge < -0.3 is 10.0 Å². The number of fused-ring (bicyclic) bond motifs is 1. The molecule has 1 atom stereocenters. The maximum Gasteiger partial charge on any atom is 0.408 e. The molecule has 2 aliphatic rings. The zero-order chi connectivity index (χ0) is 15.7. The Morgan fingerprint density at radius 1 is 1.09 bits per heavy atom. The lowest BCUT2D eigenvalue weighted by Gasteiger charge is -2.42. The summed E-state index contributed by atoms with van der Waals surface area (Å²) in [4.78, 5) is 3.28. The van der Waals surface area contributed by atoms with Gasteiger partial charge in [-0.3, -0.25) is 4.90 Å². The Morgan fingerprint density at radius 3 is 2.50 bits per heavy atom. The van der Waals surface area contributed by atoms with Gasteiger partial charge in [0.2, 0.25) is 0 Å². The topological polar surface area (TPSA) is 26.7 Å². The van der Waals surface area contributed by atoms with Crippen molar-refractivity contribution in [3.63, 3.8) is 0 Å². The third kappa shape index (κ3) is 2.97. The molecule has 1 saturated heterocycles. The highest BCUT2D eigenvalue weighted by molar-refractivity contribution is 5.24. The van der Waals surface area contributed by atoms with E-state index in [1.807, 2.05) is 4.90 Å². The van der Waals surface area contributed by atoms with Crippen molar-refractivity contribution in [1.29, 1.82) is 0 Å². The van der Waals surface area contributed by atoms with Crippen molar-refractivity contribution in [2.75, 3.05) is 19.6 Å². The molecule has 3 rings (SSSR count). The number of benzene rings is 1. The Morgan fingerprint density at radius 2 is 1.82 bits per heavy atom. The lowest BCUT2D eigenvalue weighted by atomic mass is 10.0. The maximum atomic E-state index is 13.5. The molecule has 1 aromatic rings. The molecule has 2 heterocycles. The summed E-state index contributed by atoms with van der Waals surface area (Å²) in [5.41, 5.74) is 1.08. The van der Waals surface area contributed by atoms with Crippen LogP contribution in [0.1, 0.15) is 18.0 Å². The SMILES string of the molecule is OC1=CN2CCN(C(c3ccccc3)C(F)(F)F)CC2=CC1. The van der Waals surface area contributed by atoms with Crippen molar-refractivity contribution < 1.29 is 18.3 Å². The number of aliphatic hydroxyl groups excluding tert-OH is 1. The third-order valence-electron chi connectivity index (χ3n) is 4.00. The quantitative estimate of drug-likeness (QED) is 0.904. The number of aliphatic hydroxyl groups is 1. The van der Waals surface area contributed by atoms with Gasteiger partial charge in [0.25, 0.3) is 0 Å². The van der Waals surface area contributed by atoms with Crippen LogP contribution in [0.15, 0.2) is 54.1 Å². The molecule has 0 aromatic heterocycles. The van der Waals surface area contributed by atoms with E-state index in [-0.39, 0.29) is 17.9 Å². The Bertz CT molecular complexity index is 595. The fourth-order valence-corrected chi connectivity index (χ4v) is 3.00. The van der Waals surface area contributed by atoms with Crippen LogP contribution in [0.5, 0.6) is 0 Å². The van der Waals surface area contributed by atoms with Gasteiger partial charge in [0, 0.05) is 38.0 Å². The molecule has 0 bridgehead atoms. The minimum Gasteiger partial charge on any atom is -0.510 e. The Balaban J connectivity index is 1.85. The first kappa shape index (κ1) is 15.0. The number of alkyl halides is 3. The summed E-state index contributed by atoms with van der Waals surface area (Å²) in [6.45, 7) is 0.957.